The highest BCUT2D eigenvalue weighted by Gasteiger charge is 2.25. The molecule has 0 radical (unpaired) electrons. The van der Waals surface area contributed by atoms with Gasteiger partial charge in [-0.05, 0) is 84.0 Å². The number of rotatable bonds is 6. The molecule has 0 aromatic heterocycles. The van der Waals surface area contributed by atoms with E-state index >= 15 is 0 Å². The van der Waals surface area contributed by atoms with E-state index in [1.807, 2.05) is 75.4 Å². The Kier molecular flexibility index (Phi) is 6.27. The molecule has 1 aliphatic heterocycles. The van der Waals surface area contributed by atoms with Crippen LogP contribution in [0.2, 0.25) is 0 Å². The minimum absolute atomic E-state index is 0.0228. The molecular formula is C25H22INO4. The number of nitrogens with zero attached hydrogens (tertiary/aromatic N) is 1. The topological polar surface area (TPSA) is 57.1 Å². The molecule has 5 nitrogen and oxygen atoms in total. The molecular weight excluding hydrogens is 505 g/mol. The summed E-state index contributed by atoms with van der Waals surface area (Å²) < 4.78 is 18.1. The van der Waals surface area contributed by atoms with Crippen LogP contribution < -0.4 is 9.47 Å². The zero-order valence-electron chi connectivity index (χ0n) is 17.5. The van der Waals surface area contributed by atoms with Crippen LogP contribution in [-0.2, 0) is 9.53 Å². The van der Waals surface area contributed by atoms with E-state index in [1.165, 1.54) is 0 Å². The van der Waals surface area contributed by atoms with Gasteiger partial charge in [0.25, 0.3) is 0 Å². The number of halogens is 1. The van der Waals surface area contributed by atoms with Gasteiger partial charge in [0.15, 0.2) is 17.2 Å². The molecule has 31 heavy (non-hydrogen) atoms. The minimum Gasteiger partial charge on any atom is -0.490 e. The molecule has 1 aliphatic rings. The molecule has 0 fully saturated rings. The van der Waals surface area contributed by atoms with Crippen LogP contribution in [0.15, 0.2) is 65.3 Å². The lowest BCUT2D eigenvalue weighted by Gasteiger charge is -2.16. The zero-order valence-corrected chi connectivity index (χ0v) is 19.7. The number of hydrogen-bond donors (Lipinski definition) is 0. The van der Waals surface area contributed by atoms with Gasteiger partial charge >= 0.3 is 5.97 Å². The van der Waals surface area contributed by atoms with Gasteiger partial charge in [-0.2, -0.15) is 0 Å². The largest absolute Gasteiger partial charge is 0.490 e. The van der Waals surface area contributed by atoms with Crippen LogP contribution in [0, 0.1) is 3.57 Å². The van der Waals surface area contributed by atoms with E-state index in [0.717, 1.165) is 25.5 Å². The molecule has 3 aromatic rings. The zero-order chi connectivity index (χ0) is 22.0. The Morgan fingerprint density at radius 1 is 1.13 bits per heavy atom. The van der Waals surface area contributed by atoms with Gasteiger partial charge in [0.2, 0.25) is 5.90 Å². The Bertz CT molecular complexity index is 1210. The van der Waals surface area contributed by atoms with Crippen LogP contribution in [0.4, 0.5) is 0 Å². The van der Waals surface area contributed by atoms with Gasteiger partial charge in [-0.25, -0.2) is 9.79 Å². The number of carbonyl (C=O) groups is 1. The Morgan fingerprint density at radius 2 is 1.90 bits per heavy atom. The van der Waals surface area contributed by atoms with Gasteiger partial charge < -0.3 is 14.2 Å². The summed E-state index contributed by atoms with van der Waals surface area (Å²) in [5.41, 5.74) is 1.83. The Hall–Kier alpha value is -2.87. The van der Waals surface area contributed by atoms with Gasteiger partial charge in [-0.3, -0.25) is 0 Å². The first-order valence-electron chi connectivity index (χ1n) is 10.1. The number of ether oxygens (including phenoxy) is 3. The molecule has 0 N–H and O–H groups in total. The fourth-order valence-electron chi connectivity index (χ4n) is 3.38. The molecule has 0 atom stereocenters. The van der Waals surface area contributed by atoms with Crippen molar-refractivity contribution in [3.8, 4) is 11.5 Å². The summed E-state index contributed by atoms with van der Waals surface area (Å²) >= 11 is 2.21. The van der Waals surface area contributed by atoms with Crippen molar-refractivity contribution in [3.63, 3.8) is 0 Å². The first-order chi connectivity index (χ1) is 15.0. The van der Waals surface area contributed by atoms with Gasteiger partial charge in [0, 0.05) is 5.56 Å². The smallest absolute Gasteiger partial charge is 0.363 e. The maximum Gasteiger partial charge on any atom is 0.363 e. The third-order valence-corrected chi connectivity index (χ3v) is 5.43. The van der Waals surface area contributed by atoms with Gasteiger partial charge in [-0.1, -0.05) is 36.4 Å². The van der Waals surface area contributed by atoms with Crippen LogP contribution in [0.3, 0.4) is 0 Å². The molecule has 0 amide bonds. The van der Waals surface area contributed by atoms with E-state index in [0.29, 0.717) is 24.0 Å². The van der Waals surface area contributed by atoms with E-state index in [4.69, 9.17) is 14.2 Å². The van der Waals surface area contributed by atoms with Crippen LogP contribution in [0.5, 0.6) is 11.5 Å². The molecule has 3 aromatic carbocycles. The lowest BCUT2D eigenvalue weighted by Crippen LogP contribution is -2.09. The number of hydrogen-bond acceptors (Lipinski definition) is 5. The molecule has 6 heteroatoms. The fraction of sp³-hybridized carbons (Fsp3) is 0.200. The van der Waals surface area contributed by atoms with Gasteiger partial charge in [0.05, 0.1) is 16.3 Å². The lowest BCUT2D eigenvalue weighted by atomic mass is 10.0. The SMILES string of the molecule is CCOc1cc(C=C2N=C(c3cccc4ccccc34)OC2=O)cc(I)c1OC(C)C. The van der Waals surface area contributed by atoms with E-state index < -0.39 is 5.97 Å². The lowest BCUT2D eigenvalue weighted by molar-refractivity contribution is -0.129. The quantitative estimate of drug-likeness (QED) is 0.225. The van der Waals surface area contributed by atoms with E-state index in [1.54, 1.807) is 6.08 Å². The number of aliphatic imine (C=N–C) groups is 1. The third-order valence-electron chi connectivity index (χ3n) is 4.63. The molecule has 0 saturated heterocycles. The first-order valence-corrected chi connectivity index (χ1v) is 11.2. The van der Waals surface area contributed by atoms with Crippen molar-refractivity contribution in [3.05, 3.63) is 75.0 Å². The molecule has 158 valence electrons. The second-order valence-corrected chi connectivity index (χ2v) is 8.45. The molecule has 0 bridgehead atoms. The monoisotopic (exact) mass is 527 g/mol. The molecule has 1 heterocycles. The van der Waals surface area contributed by atoms with Crippen molar-refractivity contribution in [2.24, 2.45) is 4.99 Å². The van der Waals surface area contributed by atoms with Crippen molar-refractivity contribution < 1.29 is 19.0 Å². The fourth-order valence-corrected chi connectivity index (χ4v) is 4.13. The highest BCUT2D eigenvalue weighted by molar-refractivity contribution is 14.1. The Balaban J connectivity index is 1.73. The molecule has 0 unspecified atom stereocenters. The molecule has 0 spiro atoms. The van der Waals surface area contributed by atoms with E-state index in [2.05, 4.69) is 27.6 Å². The van der Waals surface area contributed by atoms with Crippen LogP contribution in [0.1, 0.15) is 31.9 Å². The van der Waals surface area contributed by atoms with Crippen molar-refractivity contribution in [1.82, 2.24) is 0 Å². The maximum atomic E-state index is 12.5. The summed E-state index contributed by atoms with van der Waals surface area (Å²) in [6.07, 6.45) is 1.74. The Morgan fingerprint density at radius 3 is 2.68 bits per heavy atom. The van der Waals surface area contributed by atoms with Crippen LogP contribution >= 0.6 is 22.6 Å². The van der Waals surface area contributed by atoms with E-state index in [9.17, 15) is 4.79 Å². The summed E-state index contributed by atoms with van der Waals surface area (Å²) in [6, 6.07) is 17.6. The average molecular weight is 527 g/mol. The van der Waals surface area contributed by atoms with Crippen LogP contribution in [-0.4, -0.2) is 24.6 Å². The van der Waals surface area contributed by atoms with Crippen molar-refractivity contribution in [1.29, 1.82) is 0 Å². The summed E-state index contributed by atoms with van der Waals surface area (Å²) in [7, 11) is 0. The third kappa shape index (κ3) is 4.58. The number of cyclic esters (lactones) is 1. The Labute approximate surface area is 194 Å². The summed E-state index contributed by atoms with van der Waals surface area (Å²) in [4.78, 5) is 17.0. The highest BCUT2D eigenvalue weighted by atomic mass is 127. The summed E-state index contributed by atoms with van der Waals surface area (Å²) in [5, 5.41) is 2.05. The summed E-state index contributed by atoms with van der Waals surface area (Å²) in [5.74, 6) is 1.18. The number of benzene rings is 3. The standard InChI is InChI=1S/C25H22INO4/c1-4-29-22-14-16(12-20(26)23(22)30-15(2)3)13-21-25(28)31-24(27-21)19-11-7-9-17-8-5-6-10-18(17)19/h5-15H,4H2,1-3H3. The normalized spacial score (nSPS) is 14.8. The van der Waals surface area contributed by atoms with Crippen molar-refractivity contribution in [2.45, 2.75) is 26.9 Å². The number of esters is 1. The van der Waals surface area contributed by atoms with Gasteiger partial charge in [-0.15, -0.1) is 0 Å². The van der Waals surface area contributed by atoms with Crippen molar-refractivity contribution >= 4 is 51.3 Å². The minimum atomic E-state index is -0.474. The second-order valence-electron chi connectivity index (χ2n) is 7.29. The molecule has 4 rings (SSSR count). The maximum absolute atomic E-state index is 12.5. The number of fused-ring (bicyclic) bond motifs is 1. The highest BCUT2D eigenvalue weighted by Crippen LogP contribution is 2.36. The van der Waals surface area contributed by atoms with Gasteiger partial charge in [0.1, 0.15) is 0 Å². The van der Waals surface area contributed by atoms with Crippen molar-refractivity contribution in [2.75, 3.05) is 6.61 Å². The molecule has 0 aliphatic carbocycles. The predicted octanol–water partition coefficient (Wildman–Crippen LogP) is 5.97. The van der Waals surface area contributed by atoms with E-state index in [-0.39, 0.29) is 11.8 Å². The van der Waals surface area contributed by atoms with Crippen LogP contribution in [0.25, 0.3) is 16.8 Å². The molecule has 0 saturated carbocycles. The average Bonchev–Trinajstić information content (AvgIpc) is 3.10. The first kappa shape index (κ1) is 21.4. The number of carbonyl (C=O) groups excluding carboxylic acids is 1. The summed E-state index contributed by atoms with van der Waals surface area (Å²) in [6.45, 7) is 6.38. The second kappa shape index (κ2) is 9.09. The predicted molar refractivity (Wildman–Crippen MR) is 131 cm³/mol.